The second-order valence-corrected chi connectivity index (χ2v) is 4.23. The van der Waals surface area contributed by atoms with Gasteiger partial charge >= 0.3 is 0 Å². The molecule has 0 aliphatic carbocycles. The highest BCUT2D eigenvalue weighted by atomic mass is 16.5. The van der Waals surface area contributed by atoms with Crippen LogP contribution in [0.3, 0.4) is 0 Å². The number of nitriles is 1. The molecule has 2 N–H and O–H groups in total. The van der Waals surface area contributed by atoms with E-state index >= 15 is 0 Å². The van der Waals surface area contributed by atoms with Gasteiger partial charge in [-0.05, 0) is 11.6 Å². The predicted molar refractivity (Wildman–Crippen MR) is 75.6 cm³/mol. The summed E-state index contributed by atoms with van der Waals surface area (Å²) in [6, 6.07) is 19.5. The molecule has 3 heteroatoms. The van der Waals surface area contributed by atoms with Crippen molar-refractivity contribution in [3.8, 4) is 22.9 Å². The molecule has 0 spiro atoms. The van der Waals surface area contributed by atoms with E-state index < -0.39 is 6.04 Å². The molecule has 3 nitrogen and oxygen atoms in total. The summed E-state index contributed by atoms with van der Waals surface area (Å²) in [7, 11) is 0. The predicted octanol–water partition coefficient (Wildman–Crippen LogP) is 2.97. The highest BCUT2D eigenvalue weighted by Gasteiger charge is 2.06. The highest BCUT2D eigenvalue weighted by Crippen LogP contribution is 2.29. The summed E-state index contributed by atoms with van der Waals surface area (Å²) >= 11 is 0. The van der Waals surface area contributed by atoms with Crippen molar-refractivity contribution in [1.82, 2.24) is 0 Å². The zero-order chi connectivity index (χ0) is 13.5. The van der Waals surface area contributed by atoms with Crippen molar-refractivity contribution in [3.63, 3.8) is 0 Å². The summed E-state index contributed by atoms with van der Waals surface area (Å²) in [5.74, 6) is 0.818. The minimum Gasteiger partial charge on any atom is -0.493 e. The molecule has 96 valence electrons. The topological polar surface area (TPSA) is 59.0 Å². The van der Waals surface area contributed by atoms with Gasteiger partial charge in [-0.15, -0.1) is 0 Å². The molecule has 0 saturated carbocycles. The lowest BCUT2D eigenvalue weighted by Crippen LogP contribution is -2.20. The van der Waals surface area contributed by atoms with E-state index in [0.717, 1.165) is 16.9 Å². The molecule has 0 amide bonds. The minimum absolute atomic E-state index is 0.443. The van der Waals surface area contributed by atoms with Crippen molar-refractivity contribution in [2.45, 2.75) is 12.5 Å². The van der Waals surface area contributed by atoms with Gasteiger partial charge in [0.1, 0.15) is 5.75 Å². The third-order valence-electron chi connectivity index (χ3n) is 2.82. The molecule has 0 saturated heterocycles. The van der Waals surface area contributed by atoms with Crippen LogP contribution in [0.25, 0.3) is 11.1 Å². The Hall–Kier alpha value is -2.31. The van der Waals surface area contributed by atoms with E-state index in [-0.39, 0.29) is 0 Å². The Balaban J connectivity index is 2.12. The minimum atomic E-state index is -0.469. The second-order valence-electron chi connectivity index (χ2n) is 4.23. The van der Waals surface area contributed by atoms with Gasteiger partial charge < -0.3 is 10.5 Å². The Bertz CT molecular complexity index is 560. The van der Waals surface area contributed by atoms with Crippen LogP contribution in [0.2, 0.25) is 0 Å². The normalized spacial score (nSPS) is 11.6. The molecule has 19 heavy (non-hydrogen) atoms. The van der Waals surface area contributed by atoms with Crippen LogP contribution in [0.15, 0.2) is 54.6 Å². The number of nitrogens with zero attached hydrogens (tertiary/aromatic N) is 1. The molecule has 0 bridgehead atoms. The number of hydrogen-bond donors (Lipinski definition) is 1. The zero-order valence-electron chi connectivity index (χ0n) is 10.6. The van der Waals surface area contributed by atoms with E-state index in [9.17, 15) is 0 Å². The number of nitrogens with two attached hydrogens (primary N) is 1. The molecule has 0 aromatic heterocycles. The maximum absolute atomic E-state index is 8.63. The number of ether oxygens (including phenoxy) is 1. The molecular formula is C16H16N2O. The van der Waals surface area contributed by atoms with Crippen LogP contribution < -0.4 is 10.5 Å². The monoisotopic (exact) mass is 252 g/mol. The summed E-state index contributed by atoms with van der Waals surface area (Å²) in [5.41, 5.74) is 7.71. The fraction of sp³-hybridized carbons (Fsp3) is 0.188. The first-order valence-corrected chi connectivity index (χ1v) is 6.23. The molecule has 1 atom stereocenters. The third-order valence-corrected chi connectivity index (χ3v) is 2.82. The Kier molecular flexibility index (Phi) is 4.54. The molecule has 0 heterocycles. The van der Waals surface area contributed by atoms with Crippen LogP contribution in [0.5, 0.6) is 5.75 Å². The van der Waals surface area contributed by atoms with Crippen LogP contribution in [-0.4, -0.2) is 12.6 Å². The quantitative estimate of drug-likeness (QED) is 0.890. The maximum atomic E-state index is 8.63. The van der Waals surface area contributed by atoms with E-state index in [1.807, 2.05) is 60.7 Å². The Labute approximate surface area is 113 Å². The SMILES string of the molecule is N#CC(N)CCOc1ccccc1-c1ccccc1. The van der Waals surface area contributed by atoms with Gasteiger partial charge in [0.2, 0.25) is 0 Å². The van der Waals surface area contributed by atoms with E-state index in [0.29, 0.717) is 13.0 Å². The van der Waals surface area contributed by atoms with Gasteiger partial charge in [0.25, 0.3) is 0 Å². The van der Waals surface area contributed by atoms with Crippen LogP contribution in [0.1, 0.15) is 6.42 Å². The first kappa shape index (κ1) is 13.1. The van der Waals surface area contributed by atoms with Crippen molar-refractivity contribution < 1.29 is 4.74 Å². The highest BCUT2D eigenvalue weighted by molar-refractivity contribution is 5.70. The zero-order valence-corrected chi connectivity index (χ0v) is 10.6. The van der Waals surface area contributed by atoms with Crippen molar-refractivity contribution in [2.24, 2.45) is 5.73 Å². The van der Waals surface area contributed by atoms with E-state index in [2.05, 4.69) is 0 Å². The van der Waals surface area contributed by atoms with Crippen molar-refractivity contribution in [2.75, 3.05) is 6.61 Å². The largest absolute Gasteiger partial charge is 0.493 e. The molecule has 2 aromatic carbocycles. The van der Waals surface area contributed by atoms with Gasteiger partial charge in [-0.3, -0.25) is 0 Å². The van der Waals surface area contributed by atoms with E-state index in [1.165, 1.54) is 0 Å². The van der Waals surface area contributed by atoms with Gasteiger partial charge in [0, 0.05) is 12.0 Å². The first-order valence-electron chi connectivity index (χ1n) is 6.23. The average molecular weight is 252 g/mol. The van der Waals surface area contributed by atoms with Crippen LogP contribution in [0.4, 0.5) is 0 Å². The second kappa shape index (κ2) is 6.58. The van der Waals surface area contributed by atoms with Gasteiger partial charge in [0.05, 0.1) is 18.7 Å². The van der Waals surface area contributed by atoms with Crippen LogP contribution >= 0.6 is 0 Å². The number of hydrogen-bond acceptors (Lipinski definition) is 3. The van der Waals surface area contributed by atoms with Gasteiger partial charge in [-0.1, -0.05) is 48.5 Å². The molecule has 1 unspecified atom stereocenters. The Morgan fingerprint density at radius 1 is 1.05 bits per heavy atom. The van der Waals surface area contributed by atoms with Crippen LogP contribution in [0, 0.1) is 11.3 Å². The summed E-state index contributed by atoms with van der Waals surface area (Å²) in [5, 5.41) is 8.63. The van der Waals surface area contributed by atoms with Gasteiger partial charge in [-0.25, -0.2) is 0 Å². The van der Waals surface area contributed by atoms with Gasteiger partial charge in [-0.2, -0.15) is 5.26 Å². The summed E-state index contributed by atoms with van der Waals surface area (Å²) in [6.45, 7) is 0.443. The Morgan fingerprint density at radius 2 is 1.74 bits per heavy atom. The molecular weight excluding hydrogens is 236 g/mol. The molecule has 0 aliphatic heterocycles. The molecule has 0 radical (unpaired) electrons. The summed E-state index contributed by atoms with van der Waals surface area (Å²) in [6.07, 6.45) is 0.527. The lowest BCUT2D eigenvalue weighted by Gasteiger charge is -2.12. The Morgan fingerprint density at radius 3 is 2.47 bits per heavy atom. The molecule has 0 aliphatic rings. The molecule has 0 fully saturated rings. The lowest BCUT2D eigenvalue weighted by molar-refractivity contribution is 0.307. The average Bonchev–Trinajstić information content (AvgIpc) is 2.48. The fourth-order valence-electron chi connectivity index (χ4n) is 1.81. The van der Waals surface area contributed by atoms with Crippen molar-refractivity contribution in [1.29, 1.82) is 5.26 Å². The fourth-order valence-corrected chi connectivity index (χ4v) is 1.81. The first-order chi connectivity index (χ1) is 9.31. The maximum Gasteiger partial charge on any atom is 0.127 e. The summed E-state index contributed by atoms with van der Waals surface area (Å²) in [4.78, 5) is 0. The lowest BCUT2D eigenvalue weighted by atomic mass is 10.1. The van der Waals surface area contributed by atoms with Crippen molar-refractivity contribution >= 4 is 0 Å². The smallest absolute Gasteiger partial charge is 0.127 e. The number of para-hydroxylation sites is 1. The van der Waals surface area contributed by atoms with E-state index in [4.69, 9.17) is 15.7 Å². The third kappa shape index (κ3) is 3.57. The van der Waals surface area contributed by atoms with Crippen molar-refractivity contribution in [3.05, 3.63) is 54.6 Å². The molecule has 2 rings (SSSR count). The summed E-state index contributed by atoms with van der Waals surface area (Å²) < 4.78 is 5.73. The van der Waals surface area contributed by atoms with Gasteiger partial charge in [0.15, 0.2) is 0 Å². The van der Waals surface area contributed by atoms with E-state index in [1.54, 1.807) is 0 Å². The standard InChI is InChI=1S/C16H16N2O/c17-12-14(18)10-11-19-16-9-5-4-8-15(16)13-6-2-1-3-7-13/h1-9,14H,10-11,18H2. The number of benzene rings is 2. The molecule has 2 aromatic rings. The van der Waals surface area contributed by atoms with Crippen LogP contribution in [-0.2, 0) is 0 Å². The number of rotatable bonds is 5.